The van der Waals surface area contributed by atoms with Crippen LogP contribution in [0.25, 0.3) is 0 Å². The van der Waals surface area contributed by atoms with Crippen LogP contribution >= 0.6 is 11.6 Å². The molecule has 0 spiro atoms. The maximum Gasteiger partial charge on any atom is 0.244 e. The Morgan fingerprint density at radius 1 is 0.976 bits per heavy atom. The first-order valence-electron chi connectivity index (χ1n) is 13.6. The zero-order valence-corrected chi connectivity index (χ0v) is 24.9. The van der Waals surface area contributed by atoms with Gasteiger partial charge in [-0.3, -0.25) is 13.9 Å². The molecule has 3 aromatic rings. The molecular weight excluding hydrogens is 562 g/mol. The molecule has 218 valence electrons. The molecule has 4 rings (SSSR count). The normalized spacial score (nSPS) is 14.3. The molecule has 1 aliphatic rings. The Morgan fingerprint density at radius 2 is 1.63 bits per heavy atom. The number of hydrogen-bond donors (Lipinski definition) is 1. The van der Waals surface area contributed by atoms with Crippen molar-refractivity contribution in [2.45, 2.75) is 50.7 Å². The highest BCUT2D eigenvalue weighted by atomic mass is 35.5. The second-order valence-corrected chi connectivity index (χ2v) is 12.6. The Balaban J connectivity index is 1.74. The van der Waals surface area contributed by atoms with Gasteiger partial charge in [0.05, 0.1) is 24.1 Å². The molecule has 0 saturated heterocycles. The molecule has 0 aliphatic heterocycles. The fourth-order valence-corrected chi connectivity index (χ4v) is 6.29. The second kappa shape index (κ2) is 13.9. The maximum atomic E-state index is 14.2. The number of amides is 2. The van der Waals surface area contributed by atoms with Crippen molar-refractivity contribution < 1.29 is 22.7 Å². The van der Waals surface area contributed by atoms with Crippen molar-refractivity contribution >= 4 is 39.1 Å². The molecule has 0 radical (unpaired) electrons. The number of rotatable bonds is 12. The summed E-state index contributed by atoms with van der Waals surface area (Å²) >= 11 is 6.36. The predicted octanol–water partition coefficient (Wildman–Crippen LogP) is 4.81. The number of carbonyl (C=O) groups is 2. The Kier molecular flexibility index (Phi) is 10.3. The van der Waals surface area contributed by atoms with Crippen molar-refractivity contribution in [3.63, 3.8) is 0 Å². The fraction of sp³-hybridized carbons (Fsp3) is 0.355. The van der Waals surface area contributed by atoms with E-state index in [9.17, 15) is 18.0 Å². The Morgan fingerprint density at radius 3 is 2.29 bits per heavy atom. The van der Waals surface area contributed by atoms with E-state index in [4.69, 9.17) is 16.3 Å². The lowest BCUT2D eigenvalue weighted by atomic mass is 10.0. The van der Waals surface area contributed by atoms with Crippen molar-refractivity contribution in [2.75, 3.05) is 24.2 Å². The molecule has 8 nitrogen and oxygen atoms in total. The van der Waals surface area contributed by atoms with E-state index in [0.717, 1.165) is 47.4 Å². The van der Waals surface area contributed by atoms with Gasteiger partial charge < -0.3 is 15.0 Å². The van der Waals surface area contributed by atoms with Gasteiger partial charge in [-0.15, -0.1) is 0 Å². The number of ether oxygens (including phenoxy) is 1. The summed E-state index contributed by atoms with van der Waals surface area (Å²) in [5.74, 6) is -0.180. The largest absolute Gasteiger partial charge is 0.497 e. The highest BCUT2D eigenvalue weighted by Gasteiger charge is 2.34. The molecule has 0 bridgehead atoms. The summed E-state index contributed by atoms with van der Waals surface area (Å²) in [6.07, 6.45) is 5.16. The predicted molar refractivity (Wildman–Crippen MR) is 162 cm³/mol. The molecule has 1 fully saturated rings. The van der Waals surface area contributed by atoms with Gasteiger partial charge in [-0.1, -0.05) is 79.0 Å². The summed E-state index contributed by atoms with van der Waals surface area (Å²) in [7, 11) is -2.34. The summed E-state index contributed by atoms with van der Waals surface area (Å²) < 4.78 is 32.2. The number of halogens is 1. The third-order valence-corrected chi connectivity index (χ3v) is 8.71. The van der Waals surface area contributed by atoms with Gasteiger partial charge in [-0.05, 0) is 48.2 Å². The van der Waals surface area contributed by atoms with E-state index in [-0.39, 0.29) is 35.6 Å². The number of nitrogens with one attached hydrogen (secondary N) is 1. The molecule has 10 heteroatoms. The quantitative estimate of drug-likeness (QED) is 0.323. The highest BCUT2D eigenvalue weighted by Crippen LogP contribution is 2.28. The van der Waals surface area contributed by atoms with Crippen LogP contribution in [0.3, 0.4) is 0 Å². The first kappa shape index (κ1) is 30.4. The van der Waals surface area contributed by atoms with Crippen LogP contribution in [0.1, 0.15) is 36.8 Å². The smallest absolute Gasteiger partial charge is 0.244 e. The van der Waals surface area contributed by atoms with Crippen LogP contribution in [0.2, 0.25) is 5.02 Å². The van der Waals surface area contributed by atoms with Crippen LogP contribution in [0.4, 0.5) is 5.69 Å². The van der Waals surface area contributed by atoms with E-state index in [1.165, 1.54) is 4.90 Å². The molecule has 1 saturated carbocycles. The highest BCUT2D eigenvalue weighted by molar-refractivity contribution is 7.92. The lowest BCUT2D eigenvalue weighted by Gasteiger charge is -2.34. The van der Waals surface area contributed by atoms with Crippen LogP contribution in [-0.2, 0) is 32.6 Å². The number of methoxy groups -OCH3 is 1. The van der Waals surface area contributed by atoms with Crippen LogP contribution in [0, 0.1) is 0 Å². The summed E-state index contributed by atoms with van der Waals surface area (Å²) in [6, 6.07) is 22.4. The SMILES string of the molecule is COc1cccc(CN(C(=O)CN(c2ccccc2Cl)S(C)(=O)=O)[C@@H](Cc2ccccc2)C(=O)NC2CCCC2)c1. The summed E-state index contributed by atoms with van der Waals surface area (Å²) in [6.45, 7) is -0.444. The van der Waals surface area contributed by atoms with Gasteiger partial charge >= 0.3 is 0 Å². The molecule has 41 heavy (non-hydrogen) atoms. The van der Waals surface area contributed by atoms with Gasteiger partial charge in [0, 0.05) is 19.0 Å². The number of para-hydroxylation sites is 1. The van der Waals surface area contributed by atoms with Crippen LogP contribution in [-0.4, -0.2) is 57.1 Å². The summed E-state index contributed by atoms with van der Waals surface area (Å²) in [5.41, 5.74) is 1.82. The first-order chi connectivity index (χ1) is 19.7. The molecule has 2 amide bonds. The van der Waals surface area contributed by atoms with E-state index >= 15 is 0 Å². The standard InChI is InChI=1S/C31H36ClN3O5S/c1-40-26-16-10-13-24(19-26)21-34(30(36)22-35(41(2,38)39)28-18-9-8-17-27(28)32)29(20-23-11-4-3-5-12-23)31(37)33-25-14-6-7-15-25/h3-5,8-13,16-19,25,29H,6-7,14-15,20-22H2,1-2H3,(H,33,37)/t29-/m0/s1. The minimum atomic E-state index is -3.90. The Hall–Kier alpha value is -3.56. The topological polar surface area (TPSA) is 96.0 Å². The first-order valence-corrected chi connectivity index (χ1v) is 15.9. The van der Waals surface area contributed by atoms with Crippen molar-refractivity contribution in [2.24, 2.45) is 0 Å². The van der Waals surface area contributed by atoms with Gasteiger partial charge in [-0.25, -0.2) is 8.42 Å². The summed E-state index contributed by atoms with van der Waals surface area (Å²) in [4.78, 5) is 29.5. The molecule has 1 N–H and O–H groups in total. The molecule has 3 aromatic carbocycles. The molecule has 0 unspecified atom stereocenters. The van der Waals surface area contributed by atoms with Gasteiger partial charge in [0.15, 0.2) is 0 Å². The number of benzene rings is 3. The number of nitrogens with zero attached hydrogens (tertiary/aromatic N) is 2. The van der Waals surface area contributed by atoms with Crippen LogP contribution in [0.15, 0.2) is 78.9 Å². The van der Waals surface area contributed by atoms with E-state index in [2.05, 4.69) is 5.32 Å². The molecule has 0 aromatic heterocycles. The third kappa shape index (κ3) is 8.24. The second-order valence-electron chi connectivity index (χ2n) is 10.3. The number of anilines is 1. The van der Waals surface area contributed by atoms with Crippen molar-refractivity contribution in [1.82, 2.24) is 10.2 Å². The molecular formula is C31H36ClN3O5S. The lowest BCUT2D eigenvalue weighted by molar-refractivity contribution is -0.140. The van der Waals surface area contributed by atoms with Gasteiger partial charge in [0.1, 0.15) is 18.3 Å². The zero-order valence-electron chi connectivity index (χ0n) is 23.3. The number of hydrogen-bond acceptors (Lipinski definition) is 5. The van der Waals surface area contributed by atoms with Gasteiger partial charge in [0.2, 0.25) is 21.8 Å². The van der Waals surface area contributed by atoms with Crippen LogP contribution in [0.5, 0.6) is 5.75 Å². The van der Waals surface area contributed by atoms with Gasteiger partial charge in [0.25, 0.3) is 0 Å². The Labute approximate surface area is 247 Å². The van der Waals surface area contributed by atoms with Crippen LogP contribution < -0.4 is 14.4 Å². The van der Waals surface area contributed by atoms with Crippen molar-refractivity contribution in [3.8, 4) is 5.75 Å². The monoisotopic (exact) mass is 597 g/mol. The van der Waals surface area contributed by atoms with E-state index in [1.54, 1.807) is 43.5 Å². The Bertz CT molecular complexity index is 1440. The minimum absolute atomic E-state index is 0.0465. The molecule has 1 aliphatic carbocycles. The molecule has 1 atom stereocenters. The molecule has 0 heterocycles. The van der Waals surface area contributed by atoms with Crippen molar-refractivity contribution in [1.29, 1.82) is 0 Å². The average Bonchev–Trinajstić information content (AvgIpc) is 3.47. The summed E-state index contributed by atoms with van der Waals surface area (Å²) in [5, 5.41) is 3.36. The lowest BCUT2D eigenvalue weighted by Crippen LogP contribution is -2.54. The van der Waals surface area contributed by atoms with Crippen molar-refractivity contribution in [3.05, 3.63) is 95.0 Å². The van der Waals surface area contributed by atoms with Gasteiger partial charge in [-0.2, -0.15) is 0 Å². The van der Waals surface area contributed by atoms with E-state index in [0.29, 0.717) is 5.75 Å². The minimum Gasteiger partial charge on any atom is -0.497 e. The zero-order chi connectivity index (χ0) is 29.4. The maximum absolute atomic E-state index is 14.2. The average molecular weight is 598 g/mol. The fourth-order valence-electron chi connectivity index (χ4n) is 5.14. The van der Waals surface area contributed by atoms with E-state index in [1.807, 2.05) is 42.5 Å². The third-order valence-electron chi connectivity index (χ3n) is 7.26. The number of sulfonamides is 1. The van der Waals surface area contributed by atoms with E-state index < -0.39 is 28.5 Å². The number of carbonyl (C=O) groups excluding carboxylic acids is 2.